The highest BCUT2D eigenvalue weighted by Crippen LogP contribution is 2.24. The largest absolute Gasteiger partial charge is 0.341 e. The average molecular weight is 358 g/mol. The molecule has 0 aliphatic carbocycles. The molecule has 2 aromatic rings. The average Bonchev–Trinajstić information content (AvgIpc) is 2.85. The van der Waals surface area contributed by atoms with Gasteiger partial charge >= 0.3 is 0 Å². The molecule has 0 saturated carbocycles. The minimum atomic E-state index is 0.0191. The van der Waals surface area contributed by atoms with Crippen molar-refractivity contribution >= 4 is 17.5 Å². The molecule has 1 saturated heterocycles. The molecule has 25 heavy (non-hydrogen) atoms. The number of carbonyl (C=O) groups is 1. The molecule has 131 valence electrons. The molecule has 0 aromatic heterocycles. The summed E-state index contributed by atoms with van der Waals surface area (Å²) >= 11 is 6.00. The van der Waals surface area contributed by atoms with Crippen molar-refractivity contribution in [1.29, 1.82) is 0 Å². The Labute approximate surface area is 153 Å². The van der Waals surface area contributed by atoms with Gasteiger partial charge in [0.05, 0.1) is 6.42 Å². The van der Waals surface area contributed by atoms with Crippen molar-refractivity contribution in [3.8, 4) is 5.75 Å². The van der Waals surface area contributed by atoms with Gasteiger partial charge in [0, 0.05) is 43.3 Å². The summed E-state index contributed by atoms with van der Waals surface area (Å²) in [5.74, 6) is 0.186. The molecule has 2 aromatic carbocycles. The fourth-order valence-corrected chi connectivity index (χ4v) is 3.37. The second kappa shape index (κ2) is 8.37. The molecule has 1 heterocycles. The van der Waals surface area contributed by atoms with Crippen LogP contribution in [0.3, 0.4) is 0 Å². The van der Waals surface area contributed by atoms with Crippen molar-refractivity contribution in [3.05, 3.63) is 64.7 Å². The second-order valence-corrected chi connectivity index (χ2v) is 6.86. The van der Waals surface area contributed by atoms with E-state index in [4.69, 9.17) is 11.6 Å². The predicted octanol–water partition coefficient (Wildman–Crippen LogP) is 3.76. The van der Waals surface area contributed by atoms with Crippen LogP contribution in [-0.2, 0) is 22.9 Å². The van der Waals surface area contributed by atoms with Gasteiger partial charge in [0.15, 0.2) is 5.75 Å². The molecule has 0 spiro atoms. The minimum Gasteiger partial charge on any atom is -0.341 e. The molecule has 3 rings (SSSR count). The highest BCUT2D eigenvalue weighted by Gasteiger charge is 2.20. The van der Waals surface area contributed by atoms with Crippen molar-refractivity contribution in [2.45, 2.75) is 19.4 Å². The number of amides is 1. The second-order valence-electron chi connectivity index (χ2n) is 6.42. The minimum absolute atomic E-state index is 0.0191. The van der Waals surface area contributed by atoms with E-state index < -0.39 is 0 Å². The Morgan fingerprint density at radius 1 is 1.00 bits per heavy atom. The molecule has 0 bridgehead atoms. The zero-order chi connectivity index (χ0) is 17.6. The lowest BCUT2D eigenvalue weighted by atomic mass is 10.1. The van der Waals surface area contributed by atoms with Crippen LogP contribution in [0.5, 0.6) is 5.75 Å². The Hall–Kier alpha value is -2.04. The third kappa shape index (κ3) is 4.97. The summed E-state index contributed by atoms with van der Waals surface area (Å²) in [5, 5.41) is 12.5. The van der Waals surface area contributed by atoms with Crippen LogP contribution in [0.1, 0.15) is 17.5 Å². The van der Waals surface area contributed by atoms with Gasteiger partial charge in [-0.1, -0.05) is 41.9 Å². The van der Waals surface area contributed by atoms with E-state index in [-0.39, 0.29) is 11.7 Å². The van der Waals surface area contributed by atoms with E-state index in [9.17, 15) is 9.90 Å². The van der Waals surface area contributed by atoms with Gasteiger partial charge in [-0.3, -0.25) is 14.8 Å². The number of carbonyl (C=O) groups excluding carboxylic acids is 1. The summed E-state index contributed by atoms with van der Waals surface area (Å²) in [7, 11) is 0. The predicted molar refractivity (Wildman–Crippen MR) is 98.2 cm³/mol. The molecular formula is C20H22ClN2O2. The van der Waals surface area contributed by atoms with Crippen molar-refractivity contribution < 1.29 is 9.90 Å². The van der Waals surface area contributed by atoms with Crippen molar-refractivity contribution in [2.24, 2.45) is 0 Å². The van der Waals surface area contributed by atoms with Gasteiger partial charge in [-0.25, -0.2) is 0 Å². The third-order valence-electron chi connectivity index (χ3n) is 4.56. The van der Waals surface area contributed by atoms with E-state index in [0.29, 0.717) is 24.5 Å². The molecule has 0 atom stereocenters. The third-order valence-corrected chi connectivity index (χ3v) is 4.79. The Morgan fingerprint density at radius 2 is 1.80 bits per heavy atom. The molecule has 1 aliphatic rings. The number of nitrogens with zero attached hydrogens (tertiary/aromatic N) is 2. The Balaban J connectivity index is 1.57. The number of hydrogen-bond acceptors (Lipinski definition) is 2. The maximum Gasteiger partial charge on any atom is 0.227 e. The zero-order valence-corrected chi connectivity index (χ0v) is 14.9. The van der Waals surface area contributed by atoms with E-state index >= 15 is 0 Å². The molecule has 5 heteroatoms. The summed E-state index contributed by atoms with van der Waals surface area (Å²) in [6.45, 7) is 3.69. The number of hydrogen-bond donors (Lipinski definition) is 0. The lowest BCUT2D eigenvalue weighted by Crippen LogP contribution is -2.36. The lowest BCUT2D eigenvalue weighted by Gasteiger charge is -2.22. The summed E-state index contributed by atoms with van der Waals surface area (Å²) in [4.78, 5) is 16.7. The van der Waals surface area contributed by atoms with E-state index in [2.05, 4.69) is 4.90 Å². The Kier molecular flexibility index (Phi) is 5.95. The standard InChI is InChI=1S/C20H22ClN2O2/c21-18-7-8-19(24)17(14-18)15-22-9-4-10-23(12-11-22)20(25)13-16-5-2-1-3-6-16/h1-3,5-8,14H,4,9-13,15H2. The fraction of sp³-hybridized carbons (Fsp3) is 0.350. The van der Waals surface area contributed by atoms with Crippen LogP contribution < -0.4 is 0 Å². The first kappa shape index (κ1) is 17.8. The molecule has 0 N–H and O–H groups in total. The molecule has 1 fully saturated rings. The first-order valence-electron chi connectivity index (χ1n) is 8.61. The molecule has 4 nitrogen and oxygen atoms in total. The van der Waals surface area contributed by atoms with Gasteiger partial charge in [-0.05, 0) is 30.2 Å². The van der Waals surface area contributed by atoms with Gasteiger partial charge in [0.1, 0.15) is 0 Å². The maximum atomic E-state index is 12.5. The van der Waals surface area contributed by atoms with Crippen molar-refractivity contribution in [1.82, 2.24) is 9.80 Å². The van der Waals surface area contributed by atoms with E-state index in [1.54, 1.807) is 12.1 Å². The van der Waals surface area contributed by atoms with Crippen LogP contribution in [0.2, 0.25) is 5.02 Å². The molecule has 1 aliphatic heterocycles. The monoisotopic (exact) mass is 357 g/mol. The number of halogens is 1. The fourth-order valence-electron chi connectivity index (χ4n) is 3.17. The first-order chi connectivity index (χ1) is 12.1. The zero-order valence-electron chi connectivity index (χ0n) is 14.2. The summed E-state index contributed by atoms with van der Waals surface area (Å²) < 4.78 is 0. The topological polar surface area (TPSA) is 43.5 Å². The van der Waals surface area contributed by atoms with Crippen LogP contribution in [0.15, 0.2) is 48.5 Å². The van der Waals surface area contributed by atoms with Crippen LogP contribution >= 0.6 is 11.6 Å². The van der Waals surface area contributed by atoms with Crippen LogP contribution in [0, 0.1) is 0 Å². The Bertz CT molecular complexity index is 721. The van der Waals surface area contributed by atoms with E-state index in [0.717, 1.165) is 37.2 Å². The normalized spacial score (nSPS) is 15.8. The molecular weight excluding hydrogens is 336 g/mol. The molecule has 1 radical (unpaired) electrons. The van der Waals surface area contributed by atoms with E-state index in [1.165, 1.54) is 6.07 Å². The van der Waals surface area contributed by atoms with Gasteiger partial charge in [-0.15, -0.1) is 0 Å². The lowest BCUT2D eigenvalue weighted by molar-refractivity contribution is -0.130. The highest BCUT2D eigenvalue weighted by atomic mass is 35.5. The van der Waals surface area contributed by atoms with E-state index in [1.807, 2.05) is 35.2 Å². The van der Waals surface area contributed by atoms with Gasteiger partial charge in [0.25, 0.3) is 0 Å². The van der Waals surface area contributed by atoms with Crippen molar-refractivity contribution in [3.63, 3.8) is 0 Å². The van der Waals surface area contributed by atoms with Gasteiger partial charge in [0.2, 0.25) is 5.91 Å². The highest BCUT2D eigenvalue weighted by molar-refractivity contribution is 6.30. The quantitative estimate of drug-likeness (QED) is 0.836. The van der Waals surface area contributed by atoms with Gasteiger partial charge < -0.3 is 4.90 Å². The molecule has 1 amide bonds. The summed E-state index contributed by atoms with van der Waals surface area (Å²) in [6.07, 6.45) is 1.36. The van der Waals surface area contributed by atoms with Crippen molar-refractivity contribution in [2.75, 3.05) is 26.2 Å². The van der Waals surface area contributed by atoms with Crippen LogP contribution in [0.4, 0.5) is 0 Å². The summed E-state index contributed by atoms with van der Waals surface area (Å²) in [5.41, 5.74) is 1.76. The maximum absolute atomic E-state index is 12.5. The summed E-state index contributed by atoms with van der Waals surface area (Å²) in [6, 6.07) is 14.7. The first-order valence-corrected chi connectivity index (χ1v) is 8.99. The van der Waals surface area contributed by atoms with Crippen LogP contribution in [-0.4, -0.2) is 41.9 Å². The molecule has 0 unspecified atom stereocenters. The number of rotatable bonds is 4. The smallest absolute Gasteiger partial charge is 0.227 e. The number of benzene rings is 2. The Morgan fingerprint density at radius 3 is 2.60 bits per heavy atom. The van der Waals surface area contributed by atoms with Gasteiger partial charge in [-0.2, -0.15) is 0 Å². The SMILES string of the molecule is [O]c1ccc(Cl)cc1CN1CCCN(C(=O)Cc2ccccc2)CC1. The van der Waals surface area contributed by atoms with Crippen LogP contribution in [0.25, 0.3) is 0 Å².